The molecule has 2 aliphatic heterocycles. The fourth-order valence-corrected chi connectivity index (χ4v) is 3.48. The van der Waals surface area contributed by atoms with Crippen molar-refractivity contribution < 1.29 is 4.74 Å². The first-order valence-corrected chi connectivity index (χ1v) is 8.92. The van der Waals surface area contributed by atoms with Gasteiger partial charge in [0, 0.05) is 45.0 Å². The van der Waals surface area contributed by atoms with Gasteiger partial charge in [0.1, 0.15) is 5.75 Å². The monoisotopic (exact) mass is 340 g/mol. The zero-order valence-corrected chi connectivity index (χ0v) is 14.6. The standard InChI is InChI=1S/C18H24N6O/c1-25-16-6-4-15(5-7-16)22-10-12-23(13-11-22)17-14-19-21-18(20-17)24-8-2-3-9-24/h4-7,14H,2-3,8-13H2,1H3. The Hall–Kier alpha value is -2.57. The lowest BCUT2D eigenvalue weighted by Crippen LogP contribution is -2.47. The predicted octanol–water partition coefficient (Wildman–Crippen LogP) is 1.81. The van der Waals surface area contributed by atoms with Crippen LogP contribution < -0.4 is 19.4 Å². The highest BCUT2D eigenvalue weighted by molar-refractivity contribution is 5.51. The summed E-state index contributed by atoms with van der Waals surface area (Å²) in [5, 5.41) is 8.39. The molecule has 0 atom stereocenters. The second-order valence-corrected chi connectivity index (χ2v) is 6.48. The molecule has 2 fully saturated rings. The van der Waals surface area contributed by atoms with Crippen molar-refractivity contribution in [1.29, 1.82) is 0 Å². The van der Waals surface area contributed by atoms with Gasteiger partial charge in [0.2, 0.25) is 5.95 Å². The van der Waals surface area contributed by atoms with E-state index in [-0.39, 0.29) is 0 Å². The number of anilines is 3. The van der Waals surface area contributed by atoms with E-state index in [4.69, 9.17) is 9.72 Å². The number of ether oxygens (including phenoxy) is 1. The largest absolute Gasteiger partial charge is 0.497 e. The molecule has 0 saturated carbocycles. The molecular weight excluding hydrogens is 316 g/mol. The Balaban J connectivity index is 1.40. The van der Waals surface area contributed by atoms with E-state index in [9.17, 15) is 0 Å². The van der Waals surface area contributed by atoms with Crippen LogP contribution in [0.2, 0.25) is 0 Å². The fraction of sp³-hybridized carbons (Fsp3) is 0.500. The minimum atomic E-state index is 0.771. The third kappa shape index (κ3) is 3.45. The molecule has 2 aromatic rings. The summed E-state index contributed by atoms with van der Waals surface area (Å²) in [4.78, 5) is 11.7. The topological polar surface area (TPSA) is 57.6 Å². The maximum Gasteiger partial charge on any atom is 0.247 e. The molecule has 0 amide bonds. The van der Waals surface area contributed by atoms with Crippen LogP contribution in [-0.4, -0.2) is 61.6 Å². The van der Waals surface area contributed by atoms with Gasteiger partial charge < -0.3 is 19.4 Å². The number of rotatable bonds is 4. The van der Waals surface area contributed by atoms with Crippen molar-refractivity contribution >= 4 is 17.5 Å². The highest BCUT2D eigenvalue weighted by atomic mass is 16.5. The van der Waals surface area contributed by atoms with Crippen molar-refractivity contribution in [2.75, 3.05) is 61.1 Å². The lowest BCUT2D eigenvalue weighted by Gasteiger charge is -2.36. The van der Waals surface area contributed by atoms with Crippen LogP contribution in [0.25, 0.3) is 0 Å². The van der Waals surface area contributed by atoms with Crippen molar-refractivity contribution in [3.63, 3.8) is 0 Å². The molecule has 3 heterocycles. The lowest BCUT2D eigenvalue weighted by atomic mass is 10.2. The van der Waals surface area contributed by atoms with Crippen LogP contribution in [0.15, 0.2) is 30.5 Å². The van der Waals surface area contributed by atoms with Gasteiger partial charge in [0.15, 0.2) is 5.82 Å². The number of nitrogens with zero attached hydrogens (tertiary/aromatic N) is 6. The van der Waals surface area contributed by atoms with Crippen LogP contribution >= 0.6 is 0 Å². The maximum absolute atomic E-state index is 5.23. The van der Waals surface area contributed by atoms with Gasteiger partial charge >= 0.3 is 0 Å². The molecule has 0 aliphatic carbocycles. The summed E-state index contributed by atoms with van der Waals surface area (Å²) < 4.78 is 5.23. The Morgan fingerprint density at radius 3 is 2.20 bits per heavy atom. The van der Waals surface area contributed by atoms with E-state index in [1.54, 1.807) is 13.3 Å². The molecule has 0 unspecified atom stereocenters. The Morgan fingerprint density at radius 2 is 1.52 bits per heavy atom. The van der Waals surface area contributed by atoms with E-state index in [2.05, 4.69) is 37.0 Å². The lowest BCUT2D eigenvalue weighted by molar-refractivity contribution is 0.415. The molecule has 25 heavy (non-hydrogen) atoms. The summed E-state index contributed by atoms with van der Waals surface area (Å²) in [5.74, 6) is 2.60. The van der Waals surface area contributed by atoms with Gasteiger partial charge in [-0.2, -0.15) is 10.1 Å². The predicted molar refractivity (Wildman–Crippen MR) is 98.7 cm³/mol. The van der Waals surface area contributed by atoms with Gasteiger partial charge in [-0.3, -0.25) is 0 Å². The second-order valence-electron chi connectivity index (χ2n) is 6.48. The van der Waals surface area contributed by atoms with E-state index in [1.165, 1.54) is 18.5 Å². The fourth-order valence-electron chi connectivity index (χ4n) is 3.48. The first kappa shape index (κ1) is 15.9. The molecule has 0 N–H and O–H groups in total. The minimum absolute atomic E-state index is 0.771. The van der Waals surface area contributed by atoms with Crippen molar-refractivity contribution in [3.05, 3.63) is 30.5 Å². The Kier molecular flexibility index (Phi) is 4.54. The quantitative estimate of drug-likeness (QED) is 0.841. The molecule has 2 saturated heterocycles. The SMILES string of the molecule is COc1ccc(N2CCN(c3cnnc(N4CCCC4)n3)CC2)cc1. The van der Waals surface area contributed by atoms with Gasteiger partial charge in [-0.15, -0.1) is 5.10 Å². The maximum atomic E-state index is 5.23. The normalized spacial score (nSPS) is 17.9. The van der Waals surface area contributed by atoms with Gasteiger partial charge in [0.05, 0.1) is 13.3 Å². The zero-order valence-electron chi connectivity index (χ0n) is 14.6. The summed E-state index contributed by atoms with van der Waals surface area (Å²) >= 11 is 0. The highest BCUT2D eigenvalue weighted by Crippen LogP contribution is 2.23. The Morgan fingerprint density at radius 1 is 0.840 bits per heavy atom. The number of aromatic nitrogens is 3. The smallest absolute Gasteiger partial charge is 0.247 e. The van der Waals surface area contributed by atoms with Gasteiger partial charge in [-0.25, -0.2) is 0 Å². The molecule has 0 spiro atoms. The van der Waals surface area contributed by atoms with E-state index >= 15 is 0 Å². The van der Waals surface area contributed by atoms with Crippen LogP contribution in [0.3, 0.4) is 0 Å². The van der Waals surface area contributed by atoms with Crippen LogP contribution in [0.1, 0.15) is 12.8 Å². The second kappa shape index (κ2) is 7.13. The van der Waals surface area contributed by atoms with Crippen molar-refractivity contribution in [1.82, 2.24) is 15.2 Å². The third-order valence-electron chi connectivity index (χ3n) is 4.97. The van der Waals surface area contributed by atoms with E-state index in [0.29, 0.717) is 0 Å². The first-order valence-electron chi connectivity index (χ1n) is 8.92. The summed E-state index contributed by atoms with van der Waals surface area (Å²) in [6, 6.07) is 8.26. The summed E-state index contributed by atoms with van der Waals surface area (Å²) in [7, 11) is 1.69. The molecule has 7 heteroatoms. The summed E-state index contributed by atoms with van der Waals surface area (Å²) in [5.41, 5.74) is 1.24. The molecule has 4 rings (SSSR count). The Labute approximate surface area is 148 Å². The van der Waals surface area contributed by atoms with Crippen LogP contribution in [0, 0.1) is 0 Å². The van der Waals surface area contributed by atoms with Crippen molar-refractivity contribution in [2.45, 2.75) is 12.8 Å². The third-order valence-corrected chi connectivity index (χ3v) is 4.97. The van der Waals surface area contributed by atoms with Crippen LogP contribution in [0.5, 0.6) is 5.75 Å². The minimum Gasteiger partial charge on any atom is -0.497 e. The molecule has 7 nitrogen and oxygen atoms in total. The zero-order chi connectivity index (χ0) is 17.1. The molecule has 0 bridgehead atoms. The highest BCUT2D eigenvalue weighted by Gasteiger charge is 2.21. The van der Waals surface area contributed by atoms with E-state index in [0.717, 1.165) is 56.8 Å². The van der Waals surface area contributed by atoms with E-state index in [1.807, 2.05) is 12.1 Å². The van der Waals surface area contributed by atoms with Gasteiger partial charge in [-0.1, -0.05) is 0 Å². The molecule has 2 aliphatic rings. The molecule has 0 radical (unpaired) electrons. The van der Waals surface area contributed by atoms with Gasteiger partial charge in [0.25, 0.3) is 0 Å². The van der Waals surface area contributed by atoms with Gasteiger partial charge in [-0.05, 0) is 37.1 Å². The number of hydrogen-bond donors (Lipinski definition) is 0. The average molecular weight is 340 g/mol. The van der Waals surface area contributed by atoms with Crippen molar-refractivity contribution in [2.24, 2.45) is 0 Å². The van der Waals surface area contributed by atoms with E-state index < -0.39 is 0 Å². The first-order chi connectivity index (χ1) is 12.3. The number of piperazine rings is 1. The number of hydrogen-bond acceptors (Lipinski definition) is 7. The van der Waals surface area contributed by atoms with Crippen LogP contribution in [0.4, 0.5) is 17.5 Å². The van der Waals surface area contributed by atoms with Crippen molar-refractivity contribution in [3.8, 4) is 5.75 Å². The molecule has 1 aromatic heterocycles. The number of benzene rings is 1. The average Bonchev–Trinajstić information content (AvgIpc) is 3.23. The molecule has 132 valence electrons. The molecule has 1 aromatic carbocycles. The van der Waals surface area contributed by atoms with Crippen LogP contribution in [-0.2, 0) is 0 Å². The summed E-state index contributed by atoms with van der Waals surface area (Å²) in [6.45, 7) is 5.88. The number of methoxy groups -OCH3 is 1. The molecular formula is C18H24N6O. The Bertz CT molecular complexity index is 693. The summed E-state index contributed by atoms with van der Waals surface area (Å²) in [6.07, 6.45) is 4.21.